The number of para-hydroxylation sites is 1. The Morgan fingerprint density at radius 1 is 1.36 bits per heavy atom. The minimum atomic E-state index is 0.597. The molecule has 1 aromatic rings. The Kier molecular flexibility index (Phi) is 1.77. The molecule has 0 aliphatic carbocycles. The fourth-order valence-corrected chi connectivity index (χ4v) is 2.75. The van der Waals surface area contributed by atoms with Crippen molar-refractivity contribution < 1.29 is 4.74 Å². The third-order valence-electron chi connectivity index (χ3n) is 3.46. The standard InChI is InChI=1S/C12H15NO/c1-13-7-6-9-8-14-11-5-3-2-4-10(11)12(9)13/h2-5,9,12H,6-8H2,1H3. The van der Waals surface area contributed by atoms with Crippen LogP contribution in [0.3, 0.4) is 0 Å². The molecule has 2 unspecified atom stereocenters. The quantitative estimate of drug-likeness (QED) is 0.619. The van der Waals surface area contributed by atoms with E-state index in [1.54, 1.807) is 0 Å². The van der Waals surface area contributed by atoms with E-state index in [1.807, 2.05) is 6.07 Å². The molecule has 1 aromatic carbocycles. The van der Waals surface area contributed by atoms with Crippen molar-refractivity contribution in [3.63, 3.8) is 0 Å². The van der Waals surface area contributed by atoms with Gasteiger partial charge in [0.05, 0.1) is 6.61 Å². The van der Waals surface area contributed by atoms with Gasteiger partial charge in [0.15, 0.2) is 0 Å². The van der Waals surface area contributed by atoms with E-state index in [2.05, 4.69) is 30.1 Å². The molecule has 74 valence electrons. The molecule has 0 N–H and O–H groups in total. The summed E-state index contributed by atoms with van der Waals surface area (Å²) in [6.45, 7) is 2.10. The van der Waals surface area contributed by atoms with Crippen LogP contribution in [0.2, 0.25) is 0 Å². The van der Waals surface area contributed by atoms with Gasteiger partial charge in [0.2, 0.25) is 0 Å². The first-order chi connectivity index (χ1) is 6.86. The van der Waals surface area contributed by atoms with Crippen molar-refractivity contribution in [2.45, 2.75) is 12.5 Å². The SMILES string of the molecule is CN1CCC2COc3ccccc3C21. The second-order valence-corrected chi connectivity index (χ2v) is 4.32. The zero-order chi connectivity index (χ0) is 9.54. The Labute approximate surface area is 84.5 Å². The highest BCUT2D eigenvalue weighted by molar-refractivity contribution is 5.38. The Hall–Kier alpha value is -1.02. The fraction of sp³-hybridized carbons (Fsp3) is 0.500. The number of rotatable bonds is 0. The number of likely N-dealkylation sites (tertiary alicyclic amines) is 1. The van der Waals surface area contributed by atoms with Crippen LogP contribution in [0.15, 0.2) is 24.3 Å². The lowest BCUT2D eigenvalue weighted by atomic mass is 9.92. The number of ether oxygens (including phenoxy) is 1. The van der Waals surface area contributed by atoms with Crippen LogP contribution in [0.25, 0.3) is 0 Å². The molecule has 1 fully saturated rings. The van der Waals surface area contributed by atoms with E-state index in [1.165, 1.54) is 18.5 Å². The molecular formula is C12H15NO. The second-order valence-electron chi connectivity index (χ2n) is 4.32. The maximum absolute atomic E-state index is 5.76. The van der Waals surface area contributed by atoms with Crippen LogP contribution in [0.5, 0.6) is 5.75 Å². The van der Waals surface area contributed by atoms with Crippen molar-refractivity contribution in [3.05, 3.63) is 29.8 Å². The van der Waals surface area contributed by atoms with Gasteiger partial charge in [0.1, 0.15) is 5.75 Å². The van der Waals surface area contributed by atoms with Gasteiger partial charge in [-0.3, -0.25) is 4.90 Å². The largest absolute Gasteiger partial charge is 0.493 e. The minimum absolute atomic E-state index is 0.597. The van der Waals surface area contributed by atoms with Crippen molar-refractivity contribution in [1.82, 2.24) is 4.90 Å². The predicted molar refractivity (Wildman–Crippen MR) is 55.4 cm³/mol. The average Bonchev–Trinajstić information content (AvgIpc) is 2.61. The highest BCUT2D eigenvalue weighted by Crippen LogP contribution is 2.43. The lowest BCUT2D eigenvalue weighted by Crippen LogP contribution is -2.28. The third-order valence-corrected chi connectivity index (χ3v) is 3.46. The van der Waals surface area contributed by atoms with E-state index >= 15 is 0 Å². The Morgan fingerprint density at radius 3 is 3.14 bits per heavy atom. The third kappa shape index (κ3) is 1.07. The number of fused-ring (bicyclic) bond motifs is 3. The number of nitrogens with zero attached hydrogens (tertiary/aromatic N) is 1. The van der Waals surface area contributed by atoms with Gasteiger partial charge < -0.3 is 4.74 Å². The van der Waals surface area contributed by atoms with E-state index in [0.29, 0.717) is 12.0 Å². The lowest BCUT2D eigenvalue weighted by Gasteiger charge is -2.31. The average molecular weight is 189 g/mol. The molecular weight excluding hydrogens is 174 g/mol. The molecule has 0 saturated carbocycles. The van der Waals surface area contributed by atoms with Gasteiger partial charge >= 0.3 is 0 Å². The van der Waals surface area contributed by atoms with Crippen molar-refractivity contribution >= 4 is 0 Å². The molecule has 0 amide bonds. The molecule has 2 nitrogen and oxygen atoms in total. The van der Waals surface area contributed by atoms with Crippen LogP contribution >= 0.6 is 0 Å². The van der Waals surface area contributed by atoms with E-state index in [0.717, 1.165) is 12.4 Å². The van der Waals surface area contributed by atoms with E-state index in [-0.39, 0.29) is 0 Å². The molecule has 0 aromatic heterocycles. The molecule has 3 rings (SSSR count). The van der Waals surface area contributed by atoms with Gasteiger partial charge in [-0.2, -0.15) is 0 Å². The lowest BCUT2D eigenvalue weighted by molar-refractivity contribution is 0.164. The van der Waals surface area contributed by atoms with Crippen LogP contribution in [-0.2, 0) is 0 Å². The number of benzene rings is 1. The van der Waals surface area contributed by atoms with Crippen molar-refractivity contribution in [3.8, 4) is 5.75 Å². The molecule has 0 spiro atoms. The molecule has 1 saturated heterocycles. The minimum Gasteiger partial charge on any atom is -0.493 e. The van der Waals surface area contributed by atoms with Gasteiger partial charge in [-0.25, -0.2) is 0 Å². The first kappa shape index (κ1) is 8.30. The highest BCUT2D eigenvalue weighted by Gasteiger charge is 2.37. The summed E-state index contributed by atoms with van der Waals surface area (Å²) < 4.78 is 5.76. The summed E-state index contributed by atoms with van der Waals surface area (Å²) in [5.41, 5.74) is 1.38. The summed E-state index contributed by atoms with van der Waals surface area (Å²) in [6.07, 6.45) is 1.27. The summed E-state index contributed by atoms with van der Waals surface area (Å²) >= 11 is 0. The van der Waals surface area contributed by atoms with E-state index in [4.69, 9.17) is 4.74 Å². The monoisotopic (exact) mass is 189 g/mol. The Morgan fingerprint density at radius 2 is 2.21 bits per heavy atom. The zero-order valence-electron chi connectivity index (χ0n) is 8.44. The molecule has 2 heterocycles. The number of hydrogen-bond acceptors (Lipinski definition) is 2. The van der Waals surface area contributed by atoms with E-state index < -0.39 is 0 Å². The Balaban J connectivity index is 2.07. The summed E-state index contributed by atoms with van der Waals surface area (Å²) in [5.74, 6) is 1.79. The molecule has 2 aliphatic heterocycles. The maximum atomic E-state index is 5.76. The molecule has 14 heavy (non-hydrogen) atoms. The van der Waals surface area contributed by atoms with Crippen LogP contribution in [0, 0.1) is 5.92 Å². The zero-order valence-corrected chi connectivity index (χ0v) is 8.44. The van der Waals surface area contributed by atoms with Crippen LogP contribution in [-0.4, -0.2) is 25.1 Å². The van der Waals surface area contributed by atoms with Crippen LogP contribution in [0.1, 0.15) is 18.0 Å². The van der Waals surface area contributed by atoms with Gasteiger partial charge in [0, 0.05) is 17.5 Å². The topological polar surface area (TPSA) is 12.5 Å². The molecule has 0 radical (unpaired) electrons. The molecule has 2 atom stereocenters. The molecule has 0 bridgehead atoms. The predicted octanol–water partition coefficient (Wildman–Crippen LogP) is 2.07. The van der Waals surface area contributed by atoms with Gasteiger partial charge in [-0.15, -0.1) is 0 Å². The summed E-state index contributed by atoms with van der Waals surface area (Å²) in [7, 11) is 2.22. The fourth-order valence-electron chi connectivity index (χ4n) is 2.75. The van der Waals surface area contributed by atoms with E-state index in [9.17, 15) is 0 Å². The number of hydrogen-bond donors (Lipinski definition) is 0. The Bertz CT molecular complexity index is 350. The molecule has 2 heteroatoms. The summed E-state index contributed by atoms with van der Waals surface area (Å²) in [6, 6.07) is 9.04. The van der Waals surface area contributed by atoms with Gasteiger partial charge in [-0.1, -0.05) is 18.2 Å². The van der Waals surface area contributed by atoms with Gasteiger partial charge in [-0.05, 0) is 26.1 Å². The maximum Gasteiger partial charge on any atom is 0.124 e. The van der Waals surface area contributed by atoms with Crippen molar-refractivity contribution in [1.29, 1.82) is 0 Å². The normalized spacial score (nSPS) is 30.6. The van der Waals surface area contributed by atoms with Crippen LogP contribution in [0.4, 0.5) is 0 Å². The highest BCUT2D eigenvalue weighted by atomic mass is 16.5. The first-order valence-electron chi connectivity index (χ1n) is 5.28. The van der Waals surface area contributed by atoms with Crippen molar-refractivity contribution in [2.24, 2.45) is 5.92 Å². The second kappa shape index (κ2) is 2.99. The van der Waals surface area contributed by atoms with Crippen molar-refractivity contribution in [2.75, 3.05) is 20.2 Å². The van der Waals surface area contributed by atoms with Crippen LogP contribution < -0.4 is 4.74 Å². The smallest absolute Gasteiger partial charge is 0.124 e. The first-order valence-corrected chi connectivity index (χ1v) is 5.28. The summed E-state index contributed by atoms with van der Waals surface area (Å²) in [4.78, 5) is 2.45. The van der Waals surface area contributed by atoms with Gasteiger partial charge in [0.25, 0.3) is 0 Å². The molecule has 2 aliphatic rings. The summed E-state index contributed by atoms with van der Waals surface area (Å²) in [5, 5.41) is 0.